The van der Waals surface area contributed by atoms with Gasteiger partial charge in [-0.15, -0.1) is 22.7 Å². The molecule has 3 heterocycles. The van der Waals surface area contributed by atoms with Crippen molar-refractivity contribution in [3.63, 3.8) is 0 Å². The smallest absolute Gasteiger partial charge is 0.160 e. The Bertz CT molecular complexity index is 649. The molecule has 0 bridgehead atoms. The lowest BCUT2D eigenvalue weighted by Gasteiger charge is -2.31. The summed E-state index contributed by atoms with van der Waals surface area (Å²) in [6.45, 7) is 3.93. The van der Waals surface area contributed by atoms with E-state index >= 15 is 0 Å². The zero-order valence-electron chi connectivity index (χ0n) is 9.85. The third kappa shape index (κ3) is 1.54. The van der Waals surface area contributed by atoms with E-state index < -0.39 is 5.60 Å². The van der Waals surface area contributed by atoms with Crippen molar-refractivity contribution in [2.75, 3.05) is 0 Å². The molecule has 0 atom stereocenters. The molecule has 0 aromatic carbocycles. The monoisotopic (exact) mass is 278 g/mol. The highest BCUT2D eigenvalue weighted by molar-refractivity contribution is 7.24. The maximum atomic E-state index is 10.9. The van der Waals surface area contributed by atoms with Gasteiger partial charge >= 0.3 is 0 Å². The summed E-state index contributed by atoms with van der Waals surface area (Å²) < 4.78 is 5.93. The standard InChI is InChI=1S/C13H10O3S2/c1-13(2)9-3-7(5-14)17-11(9)12-10(16-13)4-8(6-15)18-12/h3-6H,1-2H3. The van der Waals surface area contributed by atoms with Crippen molar-refractivity contribution in [1.82, 2.24) is 0 Å². The molecule has 3 rings (SSSR count). The van der Waals surface area contributed by atoms with Gasteiger partial charge in [0.1, 0.15) is 11.4 Å². The van der Waals surface area contributed by atoms with E-state index in [1.807, 2.05) is 19.9 Å². The number of ether oxygens (including phenoxy) is 1. The van der Waals surface area contributed by atoms with Crippen LogP contribution < -0.4 is 4.74 Å². The van der Waals surface area contributed by atoms with E-state index in [0.717, 1.165) is 33.6 Å². The van der Waals surface area contributed by atoms with Crippen molar-refractivity contribution in [1.29, 1.82) is 0 Å². The van der Waals surface area contributed by atoms with Gasteiger partial charge in [-0.3, -0.25) is 9.59 Å². The van der Waals surface area contributed by atoms with E-state index in [0.29, 0.717) is 9.75 Å². The lowest BCUT2D eigenvalue weighted by molar-refractivity contribution is 0.106. The lowest BCUT2D eigenvalue weighted by Crippen LogP contribution is -2.27. The molecule has 1 aliphatic rings. The molecule has 0 N–H and O–H groups in total. The first-order valence-corrected chi connectivity index (χ1v) is 7.06. The molecule has 92 valence electrons. The molecule has 2 aromatic rings. The summed E-state index contributed by atoms with van der Waals surface area (Å²) in [7, 11) is 0. The minimum absolute atomic E-state index is 0.471. The van der Waals surface area contributed by atoms with Crippen molar-refractivity contribution in [2.24, 2.45) is 0 Å². The molecular formula is C13H10O3S2. The van der Waals surface area contributed by atoms with Crippen molar-refractivity contribution in [2.45, 2.75) is 19.4 Å². The lowest BCUT2D eigenvalue weighted by atomic mass is 9.95. The molecule has 0 unspecified atom stereocenters. The normalized spacial score (nSPS) is 15.4. The Balaban J connectivity index is 2.28. The fourth-order valence-corrected chi connectivity index (χ4v) is 4.27. The van der Waals surface area contributed by atoms with Crippen molar-refractivity contribution < 1.29 is 14.3 Å². The van der Waals surface area contributed by atoms with Gasteiger partial charge in [-0.25, -0.2) is 0 Å². The number of aldehydes is 2. The Morgan fingerprint density at radius 1 is 1.06 bits per heavy atom. The molecular weight excluding hydrogens is 268 g/mol. The third-order valence-electron chi connectivity index (χ3n) is 2.92. The van der Waals surface area contributed by atoms with Crippen LogP contribution in [0.2, 0.25) is 0 Å². The van der Waals surface area contributed by atoms with Crippen LogP contribution in [-0.4, -0.2) is 12.6 Å². The van der Waals surface area contributed by atoms with Crippen LogP contribution in [0.1, 0.15) is 38.8 Å². The van der Waals surface area contributed by atoms with Gasteiger partial charge < -0.3 is 4.74 Å². The number of hydrogen-bond acceptors (Lipinski definition) is 5. The van der Waals surface area contributed by atoms with E-state index in [-0.39, 0.29) is 0 Å². The fraction of sp³-hybridized carbons (Fsp3) is 0.231. The zero-order valence-corrected chi connectivity index (χ0v) is 11.5. The summed E-state index contributed by atoms with van der Waals surface area (Å²) in [4.78, 5) is 25.1. The summed E-state index contributed by atoms with van der Waals surface area (Å²) >= 11 is 2.85. The molecule has 18 heavy (non-hydrogen) atoms. The molecule has 0 amide bonds. The first kappa shape index (κ1) is 11.6. The third-order valence-corrected chi connectivity index (χ3v) is 5.19. The zero-order chi connectivity index (χ0) is 12.9. The van der Waals surface area contributed by atoms with Gasteiger partial charge in [0, 0.05) is 11.6 Å². The Hall–Kier alpha value is -1.46. The average molecular weight is 278 g/mol. The van der Waals surface area contributed by atoms with Gasteiger partial charge in [-0.05, 0) is 19.9 Å². The number of carbonyl (C=O) groups is 2. The van der Waals surface area contributed by atoms with Crippen LogP contribution in [0.5, 0.6) is 5.75 Å². The second kappa shape index (κ2) is 3.76. The highest BCUT2D eigenvalue weighted by atomic mass is 32.1. The van der Waals surface area contributed by atoms with Gasteiger partial charge in [-0.1, -0.05) is 0 Å². The predicted octanol–water partition coefficient (Wildman–Crippen LogP) is 3.73. The SMILES string of the molecule is CC1(C)Oc2cc(C=O)sc2-c2sc(C=O)cc21. The molecule has 0 fully saturated rings. The van der Waals surface area contributed by atoms with Crippen LogP contribution in [0.3, 0.4) is 0 Å². The van der Waals surface area contributed by atoms with Gasteiger partial charge in [-0.2, -0.15) is 0 Å². The van der Waals surface area contributed by atoms with Gasteiger partial charge in [0.15, 0.2) is 12.6 Å². The van der Waals surface area contributed by atoms with E-state index in [1.54, 1.807) is 6.07 Å². The Labute approximate surface area is 112 Å². The van der Waals surface area contributed by atoms with E-state index in [9.17, 15) is 9.59 Å². The number of hydrogen-bond donors (Lipinski definition) is 0. The van der Waals surface area contributed by atoms with Gasteiger partial charge in [0.05, 0.1) is 19.5 Å². The largest absolute Gasteiger partial charge is 0.482 e. The van der Waals surface area contributed by atoms with Crippen molar-refractivity contribution >= 4 is 35.2 Å². The van der Waals surface area contributed by atoms with Crippen LogP contribution >= 0.6 is 22.7 Å². The van der Waals surface area contributed by atoms with Crippen LogP contribution in [0.25, 0.3) is 9.75 Å². The summed E-state index contributed by atoms with van der Waals surface area (Å²) in [5, 5.41) is 0. The summed E-state index contributed by atoms with van der Waals surface area (Å²) in [5.41, 5.74) is 0.544. The highest BCUT2D eigenvalue weighted by Gasteiger charge is 2.36. The minimum atomic E-state index is -0.471. The van der Waals surface area contributed by atoms with E-state index in [2.05, 4.69) is 0 Å². The summed E-state index contributed by atoms with van der Waals surface area (Å²) in [5.74, 6) is 0.735. The molecule has 0 saturated carbocycles. The molecule has 0 aliphatic carbocycles. The number of thiophene rings is 2. The molecule has 0 radical (unpaired) electrons. The second-order valence-corrected chi connectivity index (χ2v) is 6.75. The first-order valence-electron chi connectivity index (χ1n) is 5.43. The highest BCUT2D eigenvalue weighted by Crippen LogP contribution is 2.52. The Morgan fingerprint density at radius 3 is 2.33 bits per heavy atom. The average Bonchev–Trinajstić information content (AvgIpc) is 2.91. The maximum Gasteiger partial charge on any atom is 0.160 e. The van der Waals surface area contributed by atoms with E-state index in [1.165, 1.54) is 22.7 Å². The molecule has 0 saturated heterocycles. The second-order valence-electron chi connectivity index (χ2n) is 4.58. The van der Waals surface area contributed by atoms with Crippen LogP contribution in [-0.2, 0) is 5.60 Å². The summed E-state index contributed by atoms with van der Waals surface area (Å²) in [6.07, 6.45) is 1.68. The quantitative estimate of drug-likeness (QED) is 0.786. The van der Waals surface area contributed by atoms with Crippen LogP contribution in [0, 0.1) is 0 Å². The van der Waals surface area contributed by atoms with Gasteiger partial charge in [0.25, 0.3) is 0 Å². The molecule has 2 aromatic heterocycles. The first-order chi connectivity index (χ1) is 8.55. The topological polar surface area (TPSA) is 43.4 Å². The molecule has 3 nitrogen and oxygen atoms in total. The van der Waals surface area contributed by atoms with Gasteiger partial charge in [0.2, 0.25) is 0 Å². The molecule has 5 heteroatoms. The van der Waals surface area contributed by atoms with Crippen LogP contribution in [0.15, 0.2) is 12.1 Å². The number of fused-ring (bicyclic) bond motifs is 3. The Morgan fingerprint density at radius 2 is 1.67 bits per heavy atom. The van der Waals surface area contributed by atoms with Crippen LogP contribution in [0.4, 0.5) is 0 Å². The van der Waals surface area contributed by atoms with Crippen molar-refractivity contribution in [3.8, 4) is 15.5 Å². The molecule has 0 spiro atoms. The van der Waals surface area contributed by atoms with E-state index in [4.69, 9.17) is 4.74 Å². The number of rotatable bonds is 2. The maximum absolute atomic E-state index is 10.9. The van der Waals surface area contributed by atoms with Crippen molar-refractivity contribution in [3.05, 3.63) is 27.5 Å². The molecule has 1 aliphatic heterocycles. The fourth-order valence-electron chi connectivity index (χ4n) is 2.10. The Kier molecular flexibility index (Phi) is 2.43. The predicted molar refractivity (Wildman–Crippen MR) is 72.1 cm³/mol. The summed E-state index contributed by atoms with van der Waals surface area (Å²) in [6, 6.07) is 3.63. The number of carbonyl (C=O) groups excluding carboxylic acids is 2. The minimum Gasteiger partial charge on any atom is -0.482 e.